The number of nitrogen functional groups attached to an aromatic ring is 1. The predicted octanol–water partition coefficient (Wildman–Crippen LogP) is 1.52. The smallest absolute Gasteiger partial charge is 0.306 e. The Morgan fingerprint density at radius 2 is 2.14 bits per heavy atom. The molecular weight excluding hydrogens is 279 g/mol. The van der Waals surface area contributed by atoms with Crippen molar-refractivity contribution in [2.45, 2.75) is 45.6 Å². The molecule has 0 spiro atoms. The maximum Gasteiger partial charge on any atom is 0.306 e. The van der Waals surface area contributed by atoms with E-state index in [1.807, 2.05) is 45.9 Å². The number of aryl methyl sites for hydroxylation is 1. The van der Waals surface area contributed by atoms with Crippen LogP contribution in [-0.2, 0) is 14.3 Å². The van der Waals surface area contributed by atoms with Crippen LogP contribution in [0, 0.1) is 6.92 Å². The summed E-state index contributed by atoms with van der Waals surface area (Å²) in [6.07, 6.45) is 1.05. The summed E-state index contributed by atoms with van der Waals surface area (Å²) in [5.41, 5.74) is 8.08. The molecule has 22 heavy (non-hydrogen) atoms. The number of hydrogen-bond acceptors (Lipinski definition) is 5. The number of benzene rings is 1. The number of rotatable bonds is 7. The molecule has 0 amide bonds. The van der Waals surface area contributed by atoms with Gasteiger partial charge < -0.3 is 20.5 Å². The van der Waals surface area contributed by atoms with Gasteiger partial charge in [0.2, 0.25) is 0 Å². The Morgan fingerprint density at radius 3 is 2.73 bits per heavy atom. The summed E-state index contributed by atoms with van der Waals surface area (Å²) >= 11 is 0. The SMILES string of the molecule is Cc1ccc(N)cc1C(CNBC=O)CC(=O)OC(C)(C)C. The first-order valence-corrected chi connectivity index (χ1v) is 7.45. The molecule has 0 saturated heterocycles. The number of ether oxygens (including phenoxy) is 1. The zero-order chi connectivity index (χ0) is 16.8. The molecule has 1 aromatic rings. The lowest BCUT2D eigenvalue weighted by atomic mass is 9.89. The Kier molecular flexibility index (Phi) is 6.62. The molecular formula is C16H25BN2O3. The Labute approximate surface area is 132 Å². The van der Waals surface area contributed by atoms with Crippen LogP contribution >= 0.6 is 0 Å². The number of nitrogens with two attached hydrogens (primary N) is 1. The summed E-state index contributed by atoms with van der Waals surface area (Å²) in [4.78, 5) is 22.6. The summed E-state index contributed by atoms with van der Waals surface area (Å²) in [5, 5.41) is 3.03. The van der Waals surface area contributed by atoms with Gasteiger partial charge in [0.05, 0.1) is 12.6 Å². The molecule has 3 N–H and O–H groups in total. The van der Waals surface area contributed by atoms with E-state index < -0.39 is 5.60 Å². The second-order valence-corrected chi connectivity index (χ2v) is 6.43. The second kappa shape index (κ2) is 7.99. The molecule has 120 valence electrons. The fraction of sp³-hybridized carbons (Fsp3) is 0.500. The Bertz CT molecular complexity index is 527. The molecule has 0 radical (unpaired) electrons. The summed E-state index contributed by atoms with van der Waals surface area (Å²) in [6, 6.07) is 5.65. The van der Waals surface area contributed by atoms with Gasteiger partial charge >= 0.3 is 5.97 Å². The zero-order valence-corrected chi connectivity index (χ0v) is 13.8. The third-order valence-electron chi connectivity index (χ3n) is 3.19. The minimum absolute atomic E-state index is 0.0849. The number of anilines is 1. The van der Waals surface area contributed by atoms with E-state index in [1.54, 1.807) is 0 Å². The van der Waals surface area contributed by atoms with Crippen molar-refractivity contribution in [3.05, 3.63) is 29.3 Å². The van der Waals surface area contributed by atoms with Gasteiger partial charge in [-0.25, -0.2) is 0 Å². The van der Waals surface area contributed by atoms with Crippen molar-refractivity contribution in [1.29, 1.82) is 0 Å². The highest BCUT2D eigenvalue weighted by Crippen LogP contribution is 2.26. The molecule has 6 heteroatoms. The molecule has 1 atom stereocenters. The Hall–Kier alpha value is -1.82. The average Bonchev–Trinajstić information content (AvgIpc) is 2.38. The van der Waals surface area contributed by atoms with Crippen LogP contribution in [0.3, 0.4) is 0 Å². The predicted molar refractivity (Wildman–Crippen MR) is 90.7 cm³/mol. The van der Waals surface area contributed by atoms with E-state index in [4.69, 9.17) is 10.5 Å². The lowest BCUT2D eigenvalue weighted by Crippen LogP contribution is -2.30. The van der Waals surface area contributed by atoms with Crippen molar-refractivity contribution < 1.29 is 14.3 Å². The molecule has 0 aromatic heterocycles. The standard InChI is InChI=1S/C16H25BN2O3/c1-11-5-6-13(18)8-14(11)12(9-19-17-10-20)7-15(21)22-16(2,3)4/h5-6,8,10,12,17,19H,7,9,18H2,1-4H3. The van der Waals surface area contributed by atoms with E-state index in [1.165, 1.54) is 0 Å². The first kappa shape index (κ1) is 18.2. The number of nitrogens with one attached hydrogen (secondary N) is 1. The monoisotopic (exact) mass is 304 g/mol. The number of carbonyl (C=O) groups is 2. The molecule has 0 aliphatic heterocycles. The normalized spacial score (nSPS) is 12.5. The summed E-state index contributed by atoms with van der Waals surface area (Å²) < 4.78 is 5.40. The van der Waals surface area contributed by atoms with E-state index in [0.29, 0.717) is 12.2 Å². The highest BCUT2D eigenvalue weighted by molar-refractivity contribution is 6.64. The maximum absolute atomic E-state index is 12.1. The van der Waals surface area contributed by atoms with Gasteiger partial charge in [-0.1, -0.05) is 6.07 Å². The van der Waals surface area contributed by atoms with Crippen molar-refractivity contribution in [2.75, 3.05) is 12.3 Å². The van der Waals surface area contributed by atoms with Crippen molar-refractivity contribution in [3.63, 3.8) is 0 Å². The molecule has 0 aliphatic rings. The van der Waals surface area contributed by atoms with E-state index in [0.717, 1.165) is 17.3 Å². The van der Waals surface area contributed by atoms with Crippen LogP contribution in [0.1, 0.15) is 44.2 Å². The minimum Gasteiger partial charge on any atom is -0.460 e. The van der Waals surface area contributed by atoms with Crippen LogP contribution < -0.4 is 11.0 Å². The molecule has 0 aliphatic carbocycles. The third-order valence-corrected chi connectivity index (χ3v) is 3.19. The molecule has 0 heterocycles. The van der Waals surface area contributed by atoms with E-state index in [-0.39, 0.29) is 25.7 Å². The highest BCUT2D eigenvalue weighted by Gasteiger charge is 2.22. The van der Waals surface area contributed by atoms with Crippen molar-refractivity contribution >= 4 is 25.3 Å². The zero-order valence-electron chi connectivity index (χ0n) is 13.8. The molecule has 1 aromatic carbocycles. The molecule has 1 rings (SSSR count). The van der Waals surface area contributed by atoms with Crippen LogP contribution in [0.4, 0.5) is 5.69 Å². The topological polar surface area (TPSA) is 81.4 Å². The van der Waals surface area contributed by atoms with Gasteiger partial charge in [-0.15, -0.1) is 0 Å². The second-order valence-electron chi connectivity index (χ2n) is 6.43. The Balaban J connectivity index is 2.90. The average molecular weight is 304 g/mol. The van der Waals surface area contributed by atoms with Gasteiger partial charge in [-0.05, 0) is 57.5 Å². The van der Waals surface area contributed by atoms with Gasteiger partial charge in [0.15, 0.2) is 0 Å². The summed E-state index contributed by atoms with van der Waals surface area (Å²) in [7, 11) is 0.256. The summed E-state index contributed by atoms with van der Waals surface area (Å²) in [6.45, 7) is 8.03. The summed E-state index contributed by atoms with van der Waals surface area (Å²) in [5.74, 6) is -0.342. The van der Waals surface area contributed by atoms with Crippen LogP contribution in [0.15, 0.2) is 18.2 Å². The van der Waals surface area contributed by atoms with Gasteiger partial charge in [0, 0.05) is 11.6 Å². The minimum atomic E-state index is -0.511. The van der Waals surface area contributed by atoms with E-state index in [9.17, 15) is 9.59 Å². The van der Waals surface area contributed by atoms with Crippen molar-refractivity contribution in [3.8, 4) is 0 Å². The largest absolute Gasteiger partial charge is 0.460 e. The first-order valence-electron chi connectivity index (χ1n) is 7.45. The number of hydrogen-bond donors (Lipinski definition) is 2. The van der Waals surface area contributed by atoms with E-state index in [2.05, 4.69) is 5.23 Å². The van der Waals surface area contributed by atoms with Crippen LogP contribution in [0.25, 0.3) is 0 Å². The van der Waals surface area contributed by atoms with Gasteiger partial charge in [-0.2, -0.15) is 0 Å². The maximum atomic E-state index is 12.1. The number of carbonyl (C=O) groups excluding carboxylic acids is 2. The molecule has 1 unspecified atom stereocenters. The van der Waals surface area contributed by atoms with Crippen LogP contribution in [0.5, 0.6) is 0 Å². The fourth-order valence-corrected chi connectivity index (χ4v) is 2.29. The first-order chi connectivity index (χ1) is 10.2. The van der Waals surface area contributed by atoms with Crippen LogP contribution in [0.2, 0.25) is 0 Å². The number of esters is 1. The van der Waals surface area contributed by atoms with E-state index >= 15 is 0 Å². The quantitative estimate of drug-likeness (QED) is 0.262. The van der Waals surface area contributed by atoms with Crippen molar-refractivity contribution in [1.82, 2.24) is 5.23 Å². The highest BCUT2D eigenvalue weighted by atomic mass is 16.6. The lowest BCUT2D eigenvalue weighted by Gasteiger charge is -2.23. The molecule has 0 fully saturated rings. The third kappa shape index (κ3) is 6.31. The van der Waals surface area contributed by atoms with Gasteiger partial charge in [0.1, 0.15) is 5.60 Å². The fourth-order valence-electron chi connectivity index (χ4n) is 2.29. The van der Waals surface area contributed by atoms with Crippen molar-refractivity contribution in [2.24, 2.45) is 0 Å². The lowest BCUT2D eigenvalue weighted by molar-refractivity contribution is -0.155. The van der Waals surface area contributed by atoms with Gasteiger partial charge in [0.25, 0.3) is 7.41 Å². The van der Waals surface area contributed by atoms with Gasteiger partial charge in [-0.3, -0.25) is 4.79 Å². The molecule has 5 nitrogen and oxygen atoms in total. The molecule has 0 saturated carbocycles. The Morgan fingerprint density at radius 1 is 1.45 bits per heavy atom. The molecule has 0 bridgehead atoms. The van der Waals surface area contributed by atoms with Crippen LogP contribution in [-0.4, -0.2) is 31.7 Å².